The Kier molecular flexibility index (Phi) is 4.32. The van der Waals surface area contributed by atoms with Crippen LogP contribution in [-0.4, -0.2) is 34.4 Å². The first-order chi connectivity index (χ1) is 10.7. The Labute approximate surface area is 130 Å². The molecule has 1 aromatic carbocycles. The Morgan fingerprint density at radius 1 is 1.09 bits per heavy atom. The summed E-state index contributed by atoms with van der Waals surface area (Å²) in [6.07, 6.45) is 2.51. The molecule has 0 saturated heterocycles. The molecule has 0 saturated carbocycles. The van der Waals surface area contributed by atoms with Gasteiger partial charge in [0.25, 0.3) is 10.0 Å². The van der Waals surface area contributed by atoms with Crippen LogP contribution in [0.15, 0.2) is 59.5 Å². The van der Waals surface area contributed by atoms with E-state index in [1.165, 1.54) is 0 Å². The summed E-state index contributed by atoms with van der Waals surface area (Å²) in [6, 6.07) is 5.26. The fourth-order valence-corrected chi connectivity index (χ4v) is 2.87. The highest BCUT2D eigenvalue weighted by Gasteiger charge is 2.18. The molecule has 23 heavy (non-hydrogen) atoms. The number of carboxylic acids is 1. The fraction of sp³-hybridized carbons (Fsp3) is 0. The molecule has 0 fully saturated rings. The number of benzene rings is 1. The number of aromatic nitrogens is 1. The number of aliphatic hydroxyl groups is 1. The predicted octanol–water partition coefficient (Wildman–Crippen LogP) is 1.57. The zero-order chi connectivity index (χ0) is 17.2. The second-order valence-corrected chi connectivity index (χ2v) is 6.23. The Morgan fingerprint density at radius 3 is 2.26 bits per heavy atom. The van der Waals surface area contributed by atoms with Crippen molar-refractivity contribution in [2.24, 2.45) is 0 Å². The predicted molar refractivity (Wildman–Crippen MR) is 76.1 cm³/mol. The van der Waals surface area contributed by atoms with Gasteiger partial charge in [-0.1, -0.05) is 0 Å². The number of ketones is 1. The molecule has 0 aliphatic heterocycles. The van der Waals surface area contributed by atoms with E-state index in [4.69, 9.17) is 10.2 Å². The molecule has 1 aromatic heterocycles. The largest absolute Gasteiger partial charge is 0.502 e. The first-order valence-corrected chi connectivity index (χ1v) is 7.53. The summed E-state index contributed by atoms with van der Waals surface area (Å²) in [5.41, 5.74) is -0.136. The lowest BCUT2D eigenvalue weighted by atomic mass is 10.2. The second kappa shape index (κ2) is 6.05. The molecule has 2 rings (SSSR count). The number of carbonyl (C=O) groups is 2. The van der Waals surface area contributed by atoms with Gasteiger partial charge in [-0.3, -0.25) is 4.79 Å². The quantitative estimate of drug-likeness (QED) is 0.486. The van der Waals surface area contributed by atoms with Crippen molar-refractivity contribution < 1.29 is 32.6 Å². The summed E-state index contributed by atoms with van der Waals surface area (Å²) < 4.78 is 38.1. The lowest BCUT2D eigenvalue weighted by Gasteiger charge is -2.05. The molecule has 0 radical (unpaired) electrons. The van der Waals surface area contributed by atoms with Gasteiger partial charge in [-0.05, 0) is 30.3 Å². The number of carboxylic acid groups (broad SMARTS) is 1. The smallest absolute Gasteiger partial charge is 0.371 e. The third kappa shape index (κ3) is 3.46. The number of hydrogen-bond acceptors (Lipinski definition) is 5. The molecule has 2 aromatic rings. The summed E-state index contributed by atoms with van der Waals surface area (Å²) >= 11 is 0. The van der Waals surface area contributed by atoms with Gasteiger partial charge in [-0.2, -0.15) is 0 Å². The van der Waals surface area contributed by atoms with Crippen molar-refractivity contribution in [3.63, 3.8) is 0 Å². The molecule has 0 amide bonds. The molecule has 0 bridgehead atoms. The van der Waals surface area contributed by atoms with Crippen molar-refractivity contribution >= 4 is 21.8 Å². The molecule has 9 heteroatoms. The molecule has 0 spiro atoms. The Morgan fingerprint density at radius 2 is 1.70 bits per heavy atom. The molecular weight excluding hydrogens is 329 g/mol. The van der Waals surface area contributed by atoms with Crippen LogP contribution >= 0.6 is 0 Å². The molecule has 0 aliphatic rings. The van der Waals surface area contributed by atoms with E-state index < -0.39 is 33.4 Å². The molecule has 0 atom stereocenters. The van der Waals surface area contributed by atoms with E-state index in [1.54, 1.807) is 0 Å². The average Bonchev–Trinajstić information content (AvgIpc) is 2.98. The maximum absolute atomic E-state index is 12.8. The van der Waals surface area contributed by atoms with Gasteiger partial charge in [0.15, 0.2) is 5.78 Å². The van der Waals surface area contributed by atoms with Crippen LogP contribution in [0.2, 0.25) is 0 Å². The van der Waals surface area contributed by atoms with E-state index in [2.05, 4.69) is 0 Å². The zero-order valence-electron chi connectivity index (χ0n) is 11.4. The summed E-state index contributed by atoms with van der Waals surface area (Å²) in [7, 11) is -4.01. The van der Waals surface area contributed by atoms with Crippen molar-refractivity contribution in [1.29, 1.82) is 0 Å². The topological polar surface area (TPSA) is 114 Å². The average molecular weight is 339 g/mol. The van der Waals surface area contributed by atoms with E-state index in [0.29, 0.717) is 6.08 Å². The van der Waals surface area contributed by atoms with Crippen molar-refractivity contribution in [1.82, 2.24) is 3.97 Å². The maximum Gasteiger partial charge on any atom is 0.371 e. The van der Waals surface area contributed by atoms with Gasteiger partial charge in [0.1, 0.15) is 5.82 Å². The van der Waals surface area contributed by atoms with Crippen molar-refractivity contribution in [2.75, 3.05) is 0 Å². The van der Waals surface area contributed by atoms with Crippen LogP contribution in [0.4, 0.5) is 4.39 Å². The Hall–Kier alpha value is -2.94. The van der Waals surface area contributed by atoms with E-state index in [1.807, 2.05) is 0 Å². The SMILES string of the molecule is O=C(O)C(O)=CC(=O)c1ccn(S(=O)(=O)c2ccc(F)cc2)c1. The number of hydrogen-bond donors (Lipinski definition) is 2. The second-order valence-electron chi connectivity index (χ2n) is 4.39. The Bertz CT molecular complexity index is 896. The number of aliphatic carboxylic acids is 1. The number of aliphatic hydroxyl groups excluding tert-OH is 1. The summed E-state index contributed by atoms with van der Waals surface area (Å²) in [6.45, 7) is 0. The molecule has 0 aliphatic carbocycles. The van der Waals surface area contributed by atoms with Gasteiger partial charge in [0.05, 0.1) is 4.90 Å². The van der Waals surface area contributed by atoms with Crippen LogP contribution in [0, 0.1) is 5.82 Å². The van der Waals surface area contributed by atoms with Crippen molar-refractivity contribution in [3.8, 4) is 0 Å². The monoisotopic (exact) mass is 339 g/mol. The van der Waals surface area contributed by atoms with Crippen LogP contribution in [0.25, 0.3) is 0 Å². The first-order valence-electron chi connectivity index (χ1n) is 6.09. The van der Waals surface area contributed by atoms with Gasteiger partial charge in [0.2, 0.25) is 5.76 Å². The number of rotatable bonds is 5. The highest BCUT2D eigenvalue weighted by molar-refractivity contribution is 7.90. The molecule has 120 valence electrons. The number of halogens is 1. The van der Waals surface area contributed by atoms with Gasteiger partial charge in [-0.15, -0.1) is 0 Å². The van der Waals surface area contributed by atoms with Crippen LogP contribution in [0.5, 0.6) is 0 Å². The highest BCUT2D eigenvalue weighted by atomic mass is 32.2. The zero-order valence-corrected chi connectivity index (χ0v) is 12.2. The highest BCUT2D eigenvalue weighted by Crippen LogP contribution is 2.16. The van der Waals surface area contributed by atoms with Gasteiger partial charge < -0.3 is 10.2 Å². The first kappa shape index (κ1) is 16.4. The van der Waals surface area contributed by atoms with Crippen LogP contribution in [0.1, 0.15) is 10.4 Å². The number of allylic oxidation sites excluding steroid dienone is 1. The summed E-state index contributed by atoms with van der Waals surface area (Å²) in [5, 5.41) is 17.5. The minimum absolute atomic E-state index is 0.136. The fourth-order valence-electron chi connectivity index (χ4n) is 1.67. The molecule has 1 heterocycles. The van der Waals surface area contributed by atoms with Crippen LogP contribution in [-0.2, 0) is 14.8 Å². The number of nitrogens with zero attached hydrogens (tertiary/aromatic N) is 1. The molecule has 0 unspecified atom stereocenters. The Balaban J connectivity index is 2.35. The van der Waals surface area contributed by atoms with Crippen molar-refractivity contribution in [2.45, 2.75) is 4.90 Å². The minimum Gasteiger partial charge on any atom is -0.502 e. The van der Waals surface area contributed by atoms with Crippen LogP contribution in [0.3, 0.4) is 0 Å². The molecular formula is C14H10FNO6S. The lowest BCUT2D eigenvalue weighted by Crippen LogP contribution is -2.11. The van der Waals surface area contributed by atoms with Gasteiger partial charge >= 0.3 is 5.97 Å². The third-order valence-electron chi connectivity index (χ3n) is 2.83. The van der Waals surface area contributed by atoms with E-state index in [9.17, 15) is 22.4 Å². The number of carbonyl (C=O) groups excluding carboxylic acids is 1. The molecule has 7 nitrogen and oxygen atoms in total. The standard InChI is InChI=1S/C14H10FNO6S/c15-10-1-3-11(4-2-10)23(21,22)16-6-5-9(8-16)12(17)7-13(18)14(19)20/h1-8,18H,(H,19,20). The third-order valence-corrected chi connectivity index (χ3v) is 4.48. The van der Waals surface area contributed by atoms with Gasteiger partial charge in [-0.25, -0.2) is 21.6 Å². The lowest BCUT2D eigenvalue weighted by molar-refractivity contribution is -0.135. The maximum atomic E-state index is 12.8. The van der Waals surface area contributed by atoms with E-state index in [0.717, 1.165) is 46.7 Å². The van der Waals surface area contributed by atoms with E-state index >= 15 is 0 Å². The van der Waals surface area contributed by atoms with Crippen molar-refractivity contribution in [3.05, 3.63) is 65.9 Å². The van der Waals surface area contributed by atoms with Crippen LogP contribution < -0.4 is 0 Å². The summed E-state index contributed by atoms with van der Waals surface area (Å²) in [5.74, 6) is -4.32. The van der Waals surface area contributed by atoms with E-state index in [-0.39, 0.29) is 10.5 Å². The summed E-state index contributed by atoms with van der Waals surface area (Å²) in [4.78, 5) is 22.0. The van der Waals surface area contributed by atoms with Gasteiger partial charge in [0, 0.05) is 24.0 Å². The normalized spacial score (nSPS) is 12.1. The molecule has 2 N–H and O–H groups in total. The minimum atomic E-state index is -4.01.